The van der Waals surface area contributed by atoms with Crippen LogP contribution in [0.4, 0.5) is 0 Å². The molecule has 0 bridgehead atoms. The van der Waals surface area contributed by atoms with Crippen molar-refractivity contribution in [3.05, 3.63) is 64.4 Å². The molecule has 1 N–H and O–H groups in total. The van der Waals surface area contributed by atoms with Gasteiger partial charge in [0.05, 0.1) is 11.7 Å². The van der Waals surface area contributed by atoms with Crippen molar-refractivity contribution >= 4 is 11.6 Å². The lowest BCUT2D eigenvalue weighted by Crippen LogP contribution is -2.24. The van der Waals surface area contributed by atoms with Crippen LogP contribution in [0.5, 0.6) is 0 Å². The molecule has 0 spiro atoms. The summed E-state index contributed by atoms with van der Waals surface area (Å²) in [6.07, 6.45) is 2.71. The third kappa shape index (κ3) is 3.79. The van der Waals surface area contributed by atoms with Crippen LogP contribution in [0, 0.1) is 6.92 Å². The van der Waals surface area contributed by atoms with Crippen molar-refractivity contribution in [3.63, 3.8) is 0 Å². The summed E-state index contributed by atoms with van der Waals surface area (Å²) in [7, 11) is 0. The number of likely N-dealkylation sites (N-methyl/N-ethyl adjacent to an activating group) is 1. The SMILES string of the molecule is CCNC(Cc1ccccc1Cl)c1cc(C)ccn1. The van der Waals surface area contributed by atoms with Crippen molar-refractivity contribution in [3.8, 4) is 0 Å². The van der Waals surface area contributed by atoms with Gasteiger partial charge in [0, 0.05) is 11.2 Å². The predicted octanol–water partition coefficient (Wildman–Crippen LogP) is 3.94. The molecule has 0 amide bonds. The molecular weight excluding hydrogens is 256 g/mol. The van der Waals surface area contributed by atoms with Gasteiger partial charge in [-0.25, -0.2) is 0 Å². The number of nitrogens with zero attached hydrogens (tertiary/aromatic N) is 1. The number of hydrogen-bond donors (Lipinski definition) is 1. The van der Waals surface area contributed by atoms with E-state index in [9.17, 15) is 0 Å². The highest BCUT2D eigenvalue weighted by atomic mass is 35.5. The second-order valence-corrected chi connectivity index (χ2v) is 5.07. The Labute approximate surface area is 119 Å². The lowest BCUT2D eigenvalue weighted by atomic mass is 10.0. The van der Waals surface area contributed by atoms with E-state index in [4.69, 9.17) is 11.6 Å². The minimum absolute atomic E-state index is 0.199. The van der Waals surface area contributed by atoms with Gasteiger partial charge in [0.2, 0.25) is 0 Å². The topological polar surface area (TPSA) is 24.9 Å². The van der Waals surface area contributed by atoms with E-state index in [0.29, 0.717) is 0 Å². The largest absolute Gasteiger partial charge is 0.309 e. The van der Waals surface area contributed by atoms with Gasteiger partial charge >= 0.3 is 0 Å². The fourth-order valence-electron chi connectivity index (χ4n) is 2.16. The molecule has 0 radical (unpaired) electrons. The van der Waals surface area contributed by atoms with Crippen LogP contribution in [0.1, 0.15) is 29.8 Å². The lowest BCUT2D eigenvalue weighted by Gasteiger charge is -2.18. The summed E-state index contributed by atoms with van der Waals surface area (Å²) in [6, 6.07) is 12.3. The quantitative estimate of drug-likeness (QED) is 0.893. The minimum Gasteiger partial charge on any atom is -0.309 e. The first-order chi connectivity index (χ1) is 9.20. The van der Waals surface area contributed by atoms with Crippen LogP contribution < -0.4 is 5.32 Å². The van der Waals surface area contributed by atoms with Crippen LogP contribution in [0.3, 0.4) is 0 Å². The highest BCUT2D eigenvalue weighted by Gasteiger charge is 2.14. The van der Waals surface area contributed by atoms with Crippen molar-refractivity contribution < 1.29 is 0 Å². The third-order valence-electron chi connectivity index (χ3n) is 3.13. The van der Waals surface area contributed by atoms with Gasteiger partial charge < -0.3 is 5.32 Å². The van der Waals surface area contributed by atoms with Crippen molar-refractivity contribution in [2.75, 3.05) is 6.54 Å². The van der Waals surface area contributed by atoms with Crippen molar-refractivity contribution in [1.29, 1.82) is 0 Å². The third-order valence-corrected chi connectivity index (χ3v) is 3.49. The first-order valence-electron chi connectivity index (χ1n) is 6.60. The Balaban J connectivity index is 2.24. The van der Waals surface area contributed by atoms with Crippen LogP contribution in [-0.2, 0) is 6.42 Å². The monoisotopic (exact) mass is 274 g/mol. The molecule has 100 valence electrons. The summed E-state index contributed by atoms with van der Waals surface area (Å²) in [5.74, 6) is 0. The normalized spacial score (nSPS) is 12.4. The molecule has 2 nitrogen and oxygen atoms in total. The summed E-state index contributed by atoms with van der Waals surface area (Å²) in [5, 5.41) is 4.30. The smallest absolute Gasteiger partial charge is 0.0579 e. The summed E-state index contributed by atoms with van der Waals surface area (Å²) >= 11 is 6.24. The molecule has 0 fully saturated rings. The Kier molecular flexibility index (Phi) is 4.94. The van der Waals surface area contributed by atoms with Crippen LogP contribution in [0.2, 0.25) is 5.02 Å². The molecule has 0 aliphatic carbocycles. The molecule has 0 aliphatic heterocycles. The summed E-state index contributed by atoms with van der Waals surface area (Å²) < 4.78 is 0. The van der Waals surface area contributed by atoms with E-state index < -0.39 is 0 Å². The maximum absolute atomic E-state index is 6.24. The lowest BCUT2D eigenvalue weighted by molar-refractivity contribution is 0.536. The second kappa shape index (κ2) is 6.69. The number of nitrogens with one attached hydrogen (secondary N) is 1. The number of benzene rings is 1. The highest BCUT2D eigenvalue weighted by molar-refractivity contribution is 6.31. The van der Waals surface area contributed by atoms with Crippen LogP contribution >= 0.6 is 11.6 Å². The number of pyridine rings is 1. The average Bonchev–Trinajstić information content (AvgIpc) is 2.40. The molecule has 1 aromatic heterocycles. The number of aromatic nitrogens is 1. The molecule has 0 aliphatic rings. The fraction of sp³-hybridized carbons (Fsp3) is 0.312. The minimum atomic E-state index is 0.199. The molecule has 0 saturated heterocycles. The van der Waals surface area contributed by atoms with Gasteiger partial charge in [0.1, 0.15) is 0 Å². The van der Waals surface area contributed by atoms with E-state index in [1.165, 1.54) is 5.56 Å². The van der Waals surface area contributed by atoms with E-state index in [1.54, 1.807) is 0 Å². The Bertz CT molecular complexity index is 540. The Morgan fingerprint density at radius 3 is 2.74 bits per heavy atom. The van der Waals surface area contributed by atoms with Gasteiger partial charge in [0.15, 0.2) is 0 Å². The molecule has 3 heteroatoms. The van der Waals surface area contributed by atoms with Gasteiger partial charge in [-0.2, -0.15) is 0 Å². The summed E-state index contributed by atoms with van der Waals surface area (Å²) in [6.45, 7) is 5.10. The molecule has 2 rings (SSSR count). The molecule has 1 unspecified atom stereocenters. The van der Waals surface area contributed by atoms with Gasteiger partial charge in [-0.15, -0.1) is 0 Å². The molecule has 1 atom stereocenters. The van der Waals surface area contributed by atoms with E-state index >= 15 is 0 Å². The van der Waals surface area contributed by atoms with Crippen LogP contribution in [0.25, 0.3) is 0 Å². The zero-order chi connectivity index (χ0) is 13.7. The number of hydrogen-bond acceptors (Lipinski definition) is 2. The molecule has 0 saturated carbocycles. The van der Waals surface area contributed by atoms with Gasteiger partial charge in [-0.3, -0.25) is 4.98 Å². The zero-order valence-electron chi connectivity index (χ0n) is 11.4. The van der Waals surface area contributed by atoms with Crippen molar-refractivity contribution in [1.82, 2.24) is 10.3 Å². The number of rotatable bonds is 5. The Hall–Kier alpha value is -1.38. The van der Waals surface area contributed by atoms with Gasteiger partial charge in [-0.1, -0.05) is 36.7 Å². The Morgan fingerprint density at radius 1 is 1.26 bits per heavy atom. The first kappa shape index (κ1) is 14.0. The first-order valence-corrected chi connectivity index (χ1v) is 6.98. The molecule has 19 heavy (non-hydrogen) atoms. The van der Waals surface area contributed by atoms with E-state index in [2.05, 4.69) is 36.3 Å². The Morgan fingerprint density at radius 2 is 2.05 bits per heavy atom. The van der Waals surface area contributed by atoms with Crippen LogP contribution in [-0.4, -0.2) is 11.5 Å². The molecule has 1 heterocycles. The fourth-order valence-corrected chi connectivity index (χ4v) is 2.37. The molecular formula is C16H19ClN2. The van der Waals surface area contributed by atoms with E-state index in [1.807, 2.05) is 30.5 Å². The average molecular weight is 275 g/mol. The summed E-state index contributed by atoms with van der Waals surface area (Å²) in [5.41, 5.74) is 3.45. The number of aryl methyl sites for hydroxylation is 1. The second-order valence-electron chi connectivity index (χ2n) is 4.66. The highest BCUT2D eigenvalue weighted by Crippen LogP contribution is 2.22. The van der Waals surface area contributed by atoms with Crippen molar-refractivity contribution in [2.45, 2.75) is 26.3 Å². The van der Waals surface area contributed by atoms with Gasteiger partial charge in [-0.05, 0) is 49.2 Å². The standard InChI is InChI=1S/C16H19ClN2/c1-3-18-16(15-10-12(2)8-9-19-15)11-13-6-4-5-7-14(13)17/h4-10,16,18H,3,11H2,1-2H3. The van der Waals surface area contributed by atoms with E-state index in [-0.39, 0.29) is 6.04 Å². The van der Waals surface area contributed by atoms with Crippen LogP contribution in [0.15, 0.2) is 42.6 Å². The van der Waals surface area contributed by atoms with Crippen molar-refractivity contribution in [2.24, 2.45) is 0 Å². The number of halogens is 1. The van der Waals surface area contributed by atoms with E-state index in [0.717, 1.165) is 29.2 Å². The van der Waals surface area contributed by atoms with Gasteiger partial charge in [0.25, 0.3) is 0 Å². The predicted molar refractivity (Wildman–Crippen MR) is 80.5 cm³/mol. The maximum Gasteiger partial charge on any atom is 0.0579 e. The molecule has 2 aromatic rings. The summed E-state index contributed by atoms with van der Waals surface area (Å²) in [4.78, 5) is 4.48. The molecule has 1 aromatic carbocycles. The zero-order valence-corrected chi connectivity index (χ0v) is 12.1. The maximum atomic E-state index is 6.24.